The van der Waals surface area contributed by atoms with Crippen LogP contribution in [0.3, 0.4) is 0 Å². The van der Waals surface area contributed by atoms with Crippen LogP contribution in [0, 0.1) is 0 Å². The van der Waals surface area contributed by atoms with E-state index in [-0.39, 0.29) is 12.3 Å². The number of amides is 4. The summed E-state index contributed by atoms with van der Waals surface area (Å²) < 4.78 is 0. The molecule has 0 spiro atoms. The Kier molecular flexibility index (Phi) is 15.1. The van der Waals surface area contributed by atoms with Crippen LogP contribution in [0.15, 0.2) is 0 Å². The highest BCUT2D eigenvalue weighted by Crippen LogP contribution is 2.06. The maximum Gasteiger partial charge on any atom is 0.326 e. The Morgan fingerprint density at radius 3 is 1.94 bits per heavy atom. The summed E-state index contributed by atoms with van der Waals surface area (Å²) in [5, 5.41) is 19.2. The Balaban J connectivity index is 4.78. The van der Waals surface area contributed by atoms with Crippen LogP contribution in [0.5, 0.6) is 0 Å². The van der Waals surface area contributed by atoms with Crippen LogP contribution < -0.4 is 27.0 Å². The van der Waals surface area contributed by atoms with Crippen LogP contribution in [0.25, 0.3) is 0 Å². The Morgan fingerprint density at radius 2 is 1.44 bits per heavy atom. The molecule has 0 radical (unpaired) electrons. The van der Waals surface area contributed by atoms with Crippen LogP contribution in [0.4, 0.5) is 0 Å². The maximum atomic E-state index is 12.5. The predicted molar refractivity (Wildman–Crippen MR) is 123 cm³/mol. The lowest BCUT2D eigenvalue weighted by molar-refractivity contribution is -0.142. The van der Waals surface area contributed by atoms with Gasteiger partial charge in [0.05, 0.1) is 0 Å². The van der Waals surface area contributed by atoms with Crippen LogP contribution in [-0.2, 0) is 24.0 Å². The lowest BCUT2D eigenvalue weighted by atomic mass is 10.1. The largest absolute Gasteiger partial charge is 0.480 e. The zero-order valence-corrected chi connectivity index (χ0v) is 20.0. The monoisotopic (exact) mass is 475 g/mol. The first-order valence-corrected chi connectivity index (χ1v) is 11.9. The van der Waals surface area contributed by atoms with Crippen LogP contribution >= 0.6 is 11.8 Å². The van der Waals surface area contributed by atoms with Crippen molar-refractivity contribution >= 4 is 41.4 Å². The van der Waals surface area contributed by atoms with E-state index < -0.39 is 47.9 Å². The molecule has 0 aliphatic carbocycles. The summed E-state index contributed by atoms with van der Waals surface area (Å²) >= 11 is 1.51. The van der Waals surface area contributed by atoms with Gasteiger partial charge in [0, 0.05) is 12.7 Å². The fraction of sp³-hybridized carbons (Fsp3) is 0.750. The number of carbonyl (C=O) groups is 5. The Bertz CT molecular complexity index is 648. The molecule has 0 fully saturated rings. The number of thioether (sulfide) groups is 1. The average molecular weight is 476 g/mol. The van der Waals surface area contributed by atoms with Gasteiger partial charge in [0.2, 0.25) is 23.6 Å². The van der Waals surface area contributed by atoms with E-state index in [1.165, 1.54) is 32.5 Å². The molecule has 0 aromatic carbocycles. The van der Waals surface area contributed by atoms with Gasteiger partial charge in [0.25, 0.3) is 0 Å². The molecule has 0 aliphatic rings. The molecule has 7 N–H and O–H groups in total. The quantitative estimate of drug-likeness (QED) is 0.159. The molecule has 32 heavy (non-hydrogen) atoms. The third-order valence-corrected chi connectivity index (χ3v) is 5.66. The van der Waals surface area contributed by atoms with E-state index in [9.17, 15) is 29.1 Å². The fourth-order valence-corrected chi connectivity index (χ4v) is 3.53. The highest BCUT2D eigenvalue weighted by molar-refractivity contribution is 7.99. The topological polar surface area (TPSA) is 180 Å². The van der Waals surface area contributed by atoms with E-state index in [1.807, 2.05) is 6.92 Å². The number of aliphatic carboxylic acids is 1. The number of hydrogen-bond donors (Lipinski definition) is 6. The van der Waals surface area contributed by atoms with Gasteiger partial charge in [0.1, 0.15) is 24.2 Å². The van der Waals surface area contributed by atoms with Crippen molar-refractivity contribution in [3.63, 3.8) is 0 Å². The van der Waals surface area contributed by atoms with Crippen molar-refractivity contribution in [1.29, 1.82) is 0 Å². The molecule has 0 aromatic rings. The average Bonchev–Trinajstić information content (AvgIpc) is 2.71. The van der Waals surface area contributed by atoms with Gasteiger partial charge in [-0.15, -0.1) is 0 Å². The van der Waals surface area contributed by atoms with Crippen molar-refractivity contribution in [2.75, 3.05) is 18.1 Å². The Hall–Kier alpha value is -2.34. The minimum atomic E-state index is -1.17. The fourth-order valence-electron chi connectivity index (χ4n) is 2.60. The highest BCUT2D eigenvalue weighted by atomic mass is 32.2. The molecule has 0 saturated carbocycles. The first-order chi connectivity index (χ1) is 15.0. The molecule has 184 valence electrons. The number of unbranched alkanes of at least 4 members (excludes halogenated alkanes) is 1. The standard InChI is InChI=1S/C20H37N5O6S/c1-5-10-32-11-16(24-14(4)26)19(29)23-12(2)17(27)22-13(3)18(28)25-15(20(30)31)8-6-7-9-21/h12-13,15-16H,5-11,21H2,1-4H3,(H,22,27)(H,23,29)(H,24,26)(H,25,28)(H,30,31). The van der Waals surface area contributed by atoms with Gasteiger partial charge in [0.15, 0.2) is 0 Å². The van der Waals surface area contributed by atoms with E-state index in [0.717, 1.165) is 12.2 Å². The summed E-state index contributed by atoms with van der Waals surface area (Å²) in [6.07, 6.45) is 2.34. The van der Waals surface area contributed by atoms with Gasteiger partial charge in [-0.1, -0.05) is 6.92 Å². The molecule has 0 aliphatic heterocycles. The van der Waals surface area contributed by atoms with Crippen LogP contribution in [-0.4, -0.2) is 76.9 Å². The van der Waals surface area contributed by atoms with Crippen molar-refractivity contribution in [3.8, 4) is 0 Å². The number of nitrogens with two attached hydrogens (primary N) is 1. The Labute approximate surface area is 193 Å². The molecule has 0 heterocycles. The minimum Gasteiger partial charge on any atom is -0.480 e. The third-order valence-electron chi connectivity index (χ3n) is 4.39. The second-order valence-corrected chi connectivity index (χ2v) is 8.62. The molecule has 0 bridgehead atoms. The zero-order valence-electron chi connectivity index (χ0n) is 19.2. The van der Waals surface area contributed by atoms with Crippen LogP contribution in [0.2, 0.25) is 0 Å². The molecule has 0 aromatic heterocycles. The van der Waals surface area contributed by atoms with Crippen molar-refractivity contribution in [2.45, 2.75) is 77.5 Å². The van der Waals surface area contributed by atoms with E-state index in [4.69, 9.17) is 5.73 Å². The summed E-state index contributed by atoms with van der Waals surface area (Å²) in [5.74, 6) is -2.09. The summed E-state index contributed by atoms with van der Waals surface area (Å²) in [7, 11) is 0. The highest BCUT2D eigenvalue weighted by Gasteiger charge is 2.27. The molecule has 11 nitrogen and oxygen atoms in total. The summed E-state index contributed by atoms with van der Waals surface area (Å²) in [6.45, 7) is 6.61. The summed E-state index contributed by atoms with van der Waals surface area (Å²) in [6, 6.07) is -3.84. The Morgan fingerprint density at radius 1 is 0.875 bits per heavy atom. The van der Waals surface area contributed by atoms with Gasteiger partial charge in [-0.2, -0.15) is 11.8 Å². The lowest BCUT2D eigenvalue weighted by Crippen LogP contribution is -2.56. The molecular formula is C20H37N5O6S. The van der Waals surface area contributed by atoms with E-state index in [1.54, 1.807) is 0 Å². The van der Waals surface area contributed by atoms with Crippen molar-refractivity contribution < 1.29 is 29.1 Å². The molecule has 4 unspecified atom stereocenters. The minimum absolute atomic E-state index is 0.228. The SMILES string of the molecule is CCCSCC(NC(C)=O)C(=O)NC(C)C(=O)NC(C)C(=O)NC(CCCCN)C(=O)O. The molecule has 0 saturated heterocycles. The first kappa shape index (κ1) is 29.7. The van der Waals surface area contributed by atoms with Crippen molar-refractivity contribution in [3.05, 3.63) is 0 Å². The van der Waals surface area contributed by atoms with E-state index >= 15 is 0 Å². The molecular weight excluding hydrogens is 438 g/mol. The van der Waals surface area contributed by atoms with Gasteiger partial charge in [-0.3, -0.25) is 19.2 Å². The summed E-state index contributed by atoms with van der Waals surface area (Å²) in [5.41, 5.74) is 5.40. The van der Waals surface area contributed by atoms with Crippen molar-refractivity contribution in [1.82, 2.24) is 21.3 Å². The summed E-state index contributed by atoms with van der Waals surface area (Å²) in [4.78, 5) is 59.9. The lowest BCUT2D eigenvalue weighted by Gasteiger charge is -2.22. The first-order valence-electron chi connectivity index (χ1n) is 10.7. The van der Waals surface area contributed by atoms with E-state index in [0.29, 0.717) is 25.1 Å². The number of carboxylic acid groups (broad SMARTS) is 1. The zero-order chi connectivity index (χ0) is 24.7. The molecule has 12 heteroatoms. The van der Waals surface area contributed by atoms with E-state index in [2.05, 4.69) is 21.3 Å². The van der Waals surface area contributed by atoms with Gasteiger partial charge < -0.3 is 32.1 Å². The number of carbonyl (C=O) groups excluding carboxylic acids is 4. The van der Waals surface area contributed by atoms with Crippen molar-refractivity contribution in [2.24, 2.45) is 5.73 Å². The number of hydrogen-bond acceptors (Lipinski definition) is 7. The maximum absolute atomic E-state index is 12.5. The number of nitrogens with one attached hydrogen (secondary N) is 4. The number of rotatable bonds is 16. The van der Waals surface area contributed by atoms with Gasteiger partial charge in [-0.25, -0.2) is 4.79 Å². The third kappa shape index (κ3) is 12.5. The predicted octanol–water partition coefficient (Wildman–Crippen LogP) is -0.658. The van der Waals surface area contributed by atoms with Gasteiger partial charge >= 0.3 is 5.97 Å². The van der Waals surface area contributed by atoms with Gasteiger partial charge in [-0.05, 0) is 51.8 Å². The van der Waals surface area contributed by atoms with Crippen LogP contribution in [0.1, 0.15) is 53.4 Å². The second kappa shape index (κ2) is 16.3. The second-order valence-electron chi connectivity index (χ2n) is 7.47. The smallest absolute Gasteiger partial charge is 0.326 e. The number of carboxylic acids is 1. The molecule has 4 atom stereocenters. The molecule has 4 amide bonds. The molecule has 0 rings (SSSR count). The normalized spacial score (nSPS) is 14.4.